The third-order valence-electron chi connectivity index (χ3n) is 4.07. The smallest absolute Gasteiger partial charge is 0.258 e. The van der Waals surface area contributed by atoms with Crippen molar-refractivity contribution in [3.05, 3.63) is 70.8 Å². The Bertz CT molecular complexity index is 995. The maximum absolute atomic E-state index is 12.8. The Morgan fingerprint density at radius 3 is 2.38 bits per heavy atom. The second-order valence-electron chi connectivity index (χ2n) is 7.18. The zero-order valence-corrected chi connectivity index (χ0v) is 15.4. The molecule has 1 amide bonds. The number of amides is 1. The van der Waals surface area contributed by atoms with Gasteiger partial charge in [0.15, 0.2) is 0 Å². The molecular weight excluding hydrogens is 328 g/mol. The Balaban J connectivity index is 2.05. The van der Waals surface area contributed by atoms with Crippen molar-refractivity contribution in [2.45, 2.75) is 26.3 Å². The number of aryl methyl sites for hydroxylation is 1. The molecule has 0 saturated heterocycles. The molecule has 3 aromatic rings. The quantitative estimate of drug-likeness (QED) is 0.788. The van der Waals surface area contributed by atoms with Gasteiger partial charge in [0, 0.05) is 24.9 Å². The monoisotopic (exact) mass is 350 g/mol. The highest BCUT2D eigenvalue weighted by Crippen LogP contribution is 2.31. The number of nitrogens with one attached hydrogen (secondary N) is 1. The van der Waals surface area contributed by atoms with Gasteiger partial charge in [0.05, 0.1) is 17.3 Å². The maximum atomic E-state index is 12.8. The largest absolute Gasteiger partial charge is 0.318 e. The molecule has 0 atom stereocenters. The topological polar surface area (TPSA) is 68.9 Å². The number of carbonyl (C=O) groups is 1. The highest BCUT2D eigenvalue weighted by atomic mass is 16.2. The van der Waals surface area contributed by atoms with Crippen LogP contribution in [0.3, 0.4) is 0 Å². The van der Waals surface area contributed by atoms with Crippen LogP contribution in [0.4, 0.5) is 5.82 Å². The number of nitrogens with zero attached hydrogens (tertiary/aromatic N) is 3. The first-order valence-corrected chi connectivity index (χ1v) is 8.39. The molecule has 0 fully saturated rings. The Hall–Kier alpha value is -3.15. The van der Waals surface area contributed by atoms with Crippen molar-refractivity contribution in [1.82, 2.24) is 14.3 Å². The summed E-state index contributed by atoms with van der Waals surface area (Å²) < 4.78 is 3.18. The van der Waals surface area contributed by atoms with Crippen LogP contribution in [0.5, 0.6) is 0 Å². The van der Waals surface area contributed by atoms with Crippen LogP contribution < -0.4 is 10.9 Å². The van der Waals surface area contributed by atoms with E-state index in [1.807, 2.05) is 51.1 Å². The van der Waals surface area contributed by atoms with E-state index in [0.717, 1.165) is 11.1 Å². The molecule has 26 heavy (non-hydrogen) atoms. The number of rotatable bonds is 3. The van der Waals surface area contributed by atoms with Gasteiger partial charge in [-0.2, -0.15) is 5.10 Å². The molecule has 6 heteroatoms. The summed E-state index contributed by atoms with van der Waals surface area (Å²) in [5.41, 5.74) is 1.76. The van der Waals surface area contributed by atoms with Gasteiger partial charge in [0.2, 0.25) is 5.56 Å². The first-order chi connectivity index (χ1) is 12.3. The molecule has 0 radical (unpaired) electrons. The van der Waals surface area contributed by atoms with Gasteiger partial charge in [-0.3, -0.25) is 9.59 Å². The molecule has 0 aliphatic heterocycles. The number of hydrogen-bond acceptors (Lipinski definition) is 3. The molecule has 1 N–H and O–H groups in total. The lowest BCUT2D eigenvalue weighted by atomic mass is 10.1. The number of hydrogen-bond donors (Lipinski definition) is 1. The number of carbonyl (C=O) groups excluding carboxylic acids is 1. The van der Waals surface area contributed by atoms with Crippen LogP contribution in [0, 0.1) is 0 Å². The van der Waals surface area contributed by atoms with E-state index < -0.39 is 0 Å². The van der Waals surface area contributed by atoms with Crippen molar-refractivity contribution in [2.75, 3.05) is 5.32 Å². The van der Waals surface area contributed by atoms with Crippen molar-refractivity contribution in [2.24, 2.45) is 7.05 Å². The predicted octanol–water partition coefficient (Wildman–Crippen LogP) is 3.26. The van der Waals surface area contributed by atoms with Gasteiger partial charge < -0.3 is 9.88 Å². The van der Waals surface area contributed by atoms with Gasteiger partial charge >= 0.3 is 0 Å². The molecule has 0 aliphatic carbocycles. The molecular formula is C20H22N4O2. The number of aromatic nitrogens is 3. The fourth-order valence-electron chi connectivity index (χ4n) is 2.71. The van der Waals surface area contributed by atoms with Gasteiger partial charge in [-0.05, 0) is 32.4 Å². The van der Waals surface area contributed by atoms with Crippen LogP contribution in [0.25, 0.3) is 11.1 Å². The van der Waals surface area contributed by atoms with Gasteiger partial charge in [0.1, 0.15) is 5.82 Å². The molecule has 6 nitrogen and oxygen atoms in total. The van der Waals surface area contributed by atoms with E-state index in [0.29, 0.717) is 11.4 Å². The van der Waals surface area contributed by atoms with Crippen molar-refractivity contribution in [3.8, 4) is 11.1 Å². The molecule has 3 rings (SSSR count). The third kappa shape index (κ3) is 3.44. The fraction of sp³-hybridized carbons (Fsp3) is 0.250. The summed E-state index contributed by atoms with van der Waals surface area (Å²) in [6, 6.07) is 12.7. The molecule has 0 spiro atoms. The van der Waals surface area contributed by atoms with E-state index in [9.17, 15) is 9.59 Å². The summed E-state index contributed by atoms with van der Waals surface area (Å²) in [5, 5.41) is 7.46. The minimum atomic E-state index is -0.306. The summed E-state index contributed by atoms with van der Waals surface area (Å²) in [6.07, 6.45) is 3.29. The SMILES string of the molecule is Cn1cc(C(=O)Nc2c(-c3ccccc3)cnn2C(C)(C)C)ccc1=O. The lowest BCUT2D eigenvalue weighted by Crippen LogP contribution is -2.27. The van der Waals surface area contributed by atoms with Gasteiger partial charge in [-0.1, -0.05) is 30.3 Å². The van der Waals surface area contributed by atoms with E-state index in [2.05, 4.69) is 10.4 Å². The van der Waals surface area contributed by atoms with Crippen molar-refractivity contribution < 1.29 is 4.79 Å². The summed E-state index contributed by atoms with van der Waals surface area (Å²) in [4.78, 5) is 24.3. The molecule has 1 aromatic carbocycles. The highest BCUT2D eigenvalue weighted by Gasteiger charge is 2.23. The third-order valence-corrected chi connectivity index (χ3v) is 4.07. The van der Waals surface area contributed by atoms with Crippen molar-refractivity contribution >= 4 is 11.7 Å². The van der Waals surface area contributed by atoms with Gasteiger partial charge in [-0.15, -0.1) is 0 Å². The van der Waals surface area contributed by atoms with Crippen LogP contribution in [0.2, 0.25) is 0 Å². The lowest BCUT2D eigenvalue weighted by Gasteiger charge is -2.23. The van der Waals surface area contributed by atoms with Crippen molar-refractivity contribution in [3.63, 3.8) is 0 Å². The van der Waals surface area contributed by atoms with E-state index in [1.165, 1.54) is 22.9 Å². The molecule has 0 saturated carbocycles. The summed E-state index contributed by atoms with van der Waals surface area (Å²) >= 11 is 0. The normalized spacial score (nSPS) is 11.4. The standard InChI is InChI=1S/C20H22N4O2/c1-20(2,3)24-18(16(12-21-24)14-8-6-5-7-9-14)22-19(26)15-10-11-17(25)23(4)13-15/h5-13H,1-4H3,(H,22,26). The molecule has 0 aliphatic rings. The highest BCUT2D eigenvalue weighted by molar-refractivity contribution is 6.05. The maximum Gasteiger partial charge on any atom is 0.258 e. The predicted molar refractivity (Wildman–Crippen MR) is 102 cm³/mol. The van der Waals surface area contributed by atoms with E-state index in [-0.39, 0.29) is 17.0 Å². The lowest BCUT2D eigenvalue weighted by molar-refractivity contribution is 0.102. The zero-order valence-electron chi connectivity index (χ0n) is 15.4. The van der Waals surface area contributed by atoms with Crippen LogP contribution in [0.1, 0.15) is 31.1 Å². The Morgan fingerprint density at radius 2 is 1.77 bits per heavy atom. The minimum Gasteiger partial charge on any atom is -0.318 e. The molecule has 0 bridgehead atoms. The summed E-state index contributed by atoms with van der Waals surface area (Å²) in [7, 11) is 1.62. The number of pyridine rings is 1. The number of benzene rings is 1. The number of anilines is 1. The Morgan fingerprint density at radius 1 is 1.08 bits per heavy atom. The summed E-state index contributed by atoms with van der Waals surface area (Å²) in [6.45, 7) is 6.07. The Labute approximate surface area is 152 Å². The van der Waals surface area contributed by atoms with Crippen LogP contribution in [-0.2, 0) is 12.6 Å². The average molecular weight is 350 g/mol. The Kier molecular flexibility index (Phi) is 4.50. The zero-order chi connectivity index (χ0) is 18.9. The minimum absolute atomic E-state index is 0.161. The summed E-state index contributed by atoms with van der Waals surface area (Å²) in [5.74, 6) is 0.339. The average Bonchev–Trinajstić information content (AvgIpc) is 3.02. The van der Waals surface area contributed by atoms with Gasteiger partial charge in [-0.25, -0.2) is 4.68 Å². The molecule has 2 heterocycles. The second-order valence-corrected chi connectivity index (χ2v) is 7.18. The first kappa shape index (κ1) is 17.7. The second kappa shape index (κ2) is 6.63. The van der Waals surface area contributed by atoms with Crippen LogP contribution in [0.15, 0.2) is 59.7 Å². The van der Waals surface area contributed by atoms with E-state index >= 15 is 0 Å². The fourth-order valence-corrected chi connectivity index (χ4v) is 2.71. The van der Waals surface area contributed by atoms with Gasteiger partial charge in [0.25, 0.3) is 5.91 Å². The van der Waals surface area contributed by atoms with E-state index in [1.54, 1.807) is 17.9 Å². The van der Waals surface area contributed by atoms with Crippen LogP contribution >= 0.6 is 0 Å². The first-order valence-electron chi connectivity index (χ1n) is 8.39. The van der Waals surface area contributed by atoms with E-state index in [4.69, 9.17) is 0 Å². The molecule has 134 valence electrons. The molecule has 2 aromatic heterocycles. The van der Waals surface area contributed by atoms with Crippen LogP contribution in [-0.4, -0.2) is 20.3 Å². The van der Waals surface area contributed by atoms with Crippen molar-refractivity contribution in [1.29, 1.82) is 0 Å². The molecule has 0 unspecified atom stereocenters.